The van der Waals surface area contributed by atoms with Crippen LogP contribution in [0.4, 0.5) is 0 Å². The van der Waals surface area contributed by atoms with E-state index in [9.17, 15) is 0 Å². The van der Waals surface area contributed by atoms with Crippen molar-refractivity contribution < 1.29 is 9.15 Å². The third-order valence-electron chi connectivity index (χ3n) is 2.10. The molecule has 0 aliphatic rings. The summed E-state index contributed by atoms with van der Waals surface area (Å²) in [7, 11) is 1.64. The monoisotopic (exact) mass is 252 g/mol. The summed E-state index contributed by atoms with van der Waals surface area (Å²) in [6, 6.07) is 3.84. The van der Waals surface area contributed by atoms with Crippen molar-refractivity contribution in [1.29, 1.82) is 0 Å². The SMILES string of the molecule is C=Cc1cc2occ(Br)c2cc1OC. The lowest BCUT2D eigenvalue weighted by Gasteiger charge is -2.03. The molecule has 0 spiro atoms. The summed E-state index contributed by atoms with van der Waals surface area (Å²) >= 11 is 3.40. The first-order chi connectivity index (χ1) is 6.76. The van der Waals surface area contributed by atoms with Crippen molar-refractivity contribution in [3.63, 3.8) is 0 Å². The van der Waals surface area contributed by atoms with Crippen molar-refractivity contribution >= 4 is 33.0 Å². The first kappa shape index (κ1) is 9.34. The average Bonchev–Trinajstić information content (AvgIpc) is 2.58. The van der Waals surface area contributed by atoms with Crippen LogP contribution in [0, 0.1) is 0 Å². The Hall–Kier alpha value is -1.22. The maximum absolute atomic E-state index is 5.34. The molecular weight excluding hydrogens is 244 g/mol. The highest BCUT2D eigenvalue weighted by Crippen LogP contribution is 2.32. The van der Waals surface area contributed by atoms with Gasteiger partial charge in [-0.1, -0.05) is 12.7 Å². The van der Waals surface area contributed by atoms with Crippen LogP contribution in [0.1, 0.15) is 5.56 Å². The minimum atomic E-state index is 0.801. The molecule has 1 heterocycles. The molecule has 14 heavy (non-hydrogen) atoms. The molecule has 0 N–H and O–H groups in total. The quantitative estimate of drug-likeness (QED) is 0.811. The second-order valence-electron chi connectivity index (χ2n) is 2.88. The topological polar surface area (TPSA) is 22.4 Å². The Morgan fingerprint density at radius 2 is 2.29 bits per heavy atom. The fraction of sp³-hybridized carbons (Fsp3) is 0.0909. The molecule has 0 bridgehead atoms. The van der Waals surface area contributed by atoms with Gasteiger partial charge in [-0.2, -0.15) is 0 Å². The molecule has 0 saturated heterocycles. The van der Waals surface area contributed by atoms with Gasteiger partial charge in [0.15, 0.2) is 0 Å². The number of hydrogen-bond acceptors (Lipinski definition) is 2. The van der Waals surface area contributed by atoms with E-state index in [1.165, 1.54) is 0 Å². The van der Waals surface area contributed by atoms with Crippen molar-refractivity contribution in [3.05, 3.63) is 35.0 Å². The molecule has 2 nitrogen and oxygen atoms in total. The summed E-state index contributed by atoms with van der Waals surface area (Å²) in [4.78, 5) is 0. The van der Waals surface area contributed by atoms with Crippen LogP contribution in [0.2, 0.25) is 0 Å². The summed E-state index contributed by atoms with van der Waals surface area (Å²) in [5.41, 5.74) is 1.76. The molecule has 0 amide bonds. The molecule has 0 radical (unpaired) electrons. The van der Waals surface area contributed by atoms with E-state index in [4.69, 9.17) is 9.15 Å². The zero-order chi connectivity index (χ0) is 10.1. The lowest BCUT2D eigenvalue weighted by Crippen LogP contribution is -1.86. The predicted octanol–water partition coefficient (Wildman–Crippen LogP) is 3.85. The summed E-state index contributed by atoms with van der Waals surface area (Å²) in [5.74, 6) is 0.801. The molecule has 0 aliphatic heterocycles. The Kier molecular flexibility index (Phi) is 2.33. The summed E-state index contributed by atoms with van der Waals surface area (Å²) in [6.07, 6.45) is 3.41. The van der Waals surface area contributed by atoms with Crippen molar-refractivity contribution in [2.45, 2.75) is 0 Å². The van der Waals surface area contributed by atoms with E-state index in [-0.39, 0.29) is 0 Å². The Labute approximate surface area is 90.3 Å². The van der Waals surface area contributed by atoms with Gasteiger partial charge in [-0.25, -0.2) is 0 Å². The van der Waals surface area contributed by atoms with Gasteiger partial charge < -0.3 is 9.15 Å². The normalized spacial score (nSPS) is 10.4. The van der Waals surface area contributed by atoms with Crippen molar-refractivity contribution in [1.82, 2.24) is 0 Å². The number of hydrogen-bond donors (Lipinski definition) is 0. The average molecular weight is 253 g/mol. The van der Waals surface area contributed by atoms with Gasteiger partial charge >= 0.3 is 0 Å². The lowest BCUT2D eigenvalue weighted by atomic mass is 10.1. The van der Waals surface area contributed by atoms with E-state index in [0.29, 0.717) is 0 Å². The summed E-state index contributed by atoms with van der Waals surface area (Å²) < 4.78 is 11.5. The molecule has 0 unspecified atom stereocenters. The van der Waals surface area contributed by atoms with Gasteiger partial charge in [0, 0.05) is 10.9 Å². The summed E-state index contributed by atoms with van der Waals surface area (Å²) in [5, 5.41) is 1.01. The minimum absolute atomic E-state index is 0.801. The summed E-state index contributed by atoms with van der Waals surface area (Å²) in [6.45, 7) is 3.72. The molecule has 3 heteroatoms. The molecule has 0 saturated carbocycles. The number of benzene rings is 1. The third-order valence-corrected chi connectivity index (χ3v) is 2.71. The van der Waals surface area contributed by atoms with Crippen LogP contribution < -0.4 is 4.74 Å². The van der Waals surface area contributed by atoms with Crippen LogP contribution in [0.25, 0.3) is 17.0 Å². The van der Waals surface area contributed by atoms with Gasteiger partial charge in [-0.15, -0.1) is 0 Å². The molecule has 0 fully saturated rings. The third kappa shape index (κ3) is 1.34. The molecule has 0 aliphatic carbocycles. The number of halogens is 1. The van der Waals surface area contributed by atoms with Gasteiger partial charge in [0.25, 0.3) is 0 Å². The van der Waals surface area contributed by atoms with Crippen molar-refractivity contribution in [2.24, 2.45) is 0 Å². The molecule has 2 rings (SSSR count). The van der Waals surface area contributed by atoms with Crippen LogP contribution >= 0.6 is 15.9 Å². The van der Waals surface area contributed by atoms with E-state index in [0.717, 1.165) is 26.8 Å². The number of rotatable bonds is 2. The fourth-order valence-corrected chi connectivity index (χ4v) is 1.78. The molecular formula is C11H9BrO2. The van der Waals surface area contributed by atoms with Crippen molar-refractivity contribution in [2.75, 3.05) is 7.11 Å². The van der Waals surface area contributed by atoms with Crippen LogP contribution in [0.5, 0.6) is 5.75 Å². The largest absolute Gasteiger partial charge is 0.496 e. The molecule has 1 aromatic heterocycles. The molecule has 1 aromatic carbocycles. The smallest absolute Gasteiger partial charge is 0.135 e. The maximum Gasteiger partial charge on any atom is 0.135 e. The van der Waals surface area contributed by atoms with Gasteiger partial charge in [0.2, 0.25) is 0 Å². The Balaban J connectivity index is 2.77. The highest BCUT2D eigenvalue weighted by atomic mass is 79.9. The maximum atomic E-state index is 5.34. The number of furan rings is 1. The van der Waals surface area contributed by atoms with E-state index in [1.807, 2.05) is 12.1 Å². The van der Waals surface area contributed by atoms with Crippen LogP contribution in [-0.4, -0.2) is 7.11 Å². The van der Waals surface area contributed by atoms with Gasteiger partial charge in [0.05, 0.1) is 11.6 Å². The Morgan fingerprint density at radius 3 is 2.93 bits per heavy atom. The second kappa shape index (κ2) is 3.50. The van der Waals surface area contributed by atoms with Gasteiger partial charge in [0.1, 0.15) is 17.6 Å². The van der Waals surface area contributed by atoms with Crippen molar-refractivity contribution in [3.8, 4) is 5.75 Å². The zero-order valence-corrected chi connectivity index (χ0v) is 9.30. The number of fused-ring (bicyclic) bond motifs is 1. The highest BCUT2D eigenvalue weighted by molar-refractivity contribution is 9.10. The van der Waals surface area contributed by atoms with E-state index in [2.05, 4.69) is 22.5 Å². The van der Waals surface area contributed by atoms with E-state index >= 15 is 0 Å². The molecule has 72 valence electrons. The Bertz CT molecular complexity index is 485. The van der Waals surface area contributed by atoms with Gasteiger partial charge in [-0.3, -0.25) is 0 Å². The molecule has 2 aromatic rings. The lowest BCUT2D eigenvalue weighted by molar-refractivity contribution is 0.414. The Morgan fingerprint density at radius 1 is 1.50 bits per heavy atom. The number of methoxy groups -OCH3 is 1. The van der Waals surface area contributed by atoms with E-state index < -0.39 is 0 Å². The number of ether oxygens (including phenoxy) is 1. The first-order valence-corrected chi connectivity index (χ1v) is 4.92. The minimum Gasteiger partial charge on any atom is -0.496 e. The fourth-order valence-electron chi connectivity index (χ4n) is 1.37. The van der Waals surface area contributed by atoms with Crippen LogP contribution in [0.3, 0.4) is 0 Å². The highest BCUT2D eigenvalue weighted by Gasteiger charge is 2.08. The zero-order valence-electron chi connectivity index (χ0n) is 7.71. The van der Waals surface area contributed by atoms with Gasteiger partial charge in [-0.05, 0) is 28.1 Å². The second-order valence-corrected chi connectivity index (χ2v) is 3.73. The standard InChI is InChI=1S/C11H9BrO2/c1-3-7-4-11-8(5-10(7)13-2)9(12)6-14-11/h3-6H,1H2,2H3. The van der Waals surface area contributed by atoms with Crippen LogP contribution in [-0.2, 0) is 0 Å². The van der Waals surface area contributed by atoms with E-state index in [1.54, 1.807) is 19.4 Å². The van der Waals surface area contributed by atoms with Crippen LogP contribution in [0.15, 0.2) is 33.9 Å². The molecule has 0 atom stereocenters. The first-order valence-electron chi connectivity index (χ1n) is 4.13. The predicted molar refractivity (Wildman–Crippen MR) is 60.6 cm³/mol.